The van der Waals surface area contributed by atoms with Gasteiger partial charge in [0.2, 0.25) is 25.0 Å². The lowest BCUT2D eigenvalue weighted by molar-refractivity contribution is 0.345. The third-order valence-electron chi connectivity index (χ3n) is 4.22. The van der Waals surface area contributed by atoms with Gasteiger partial charge in [0.05, 0.1) is 10.3 Å². The van der Waals surface area contributed by atoms with E-state index in [1.807, 2.05) is 0 Å². The van der Waals surface area contributed by atoms with Gasteiger partial charge >= 0.3 is 0 Å². The highest BCUT2D eigenvalue weighted by Crippen LogP contribution is 2.29. The maximum Gasteiger partial charge on any atom is 0.249 e. The van der Waals surface area contributed by atoms with Crippen LogP contribution < -0.4 is 0 Å². The van der Waals surface area contributed by atoms with E-state index in [1.165, 1.54) is 27.3 Å². The number of hydrogen-bond donors (Lipinski definition) is 0. The number of sulfonamides is 1. The average molecular weight is 405 g/mol. The zero-order chi connectivity index (χ0) is 18.2. The molecule has 1 aliphatic rings. The Labute approximate surface area is 151 Å². The van der Waals surface area contributed by atoms with Crippen molar-refractivity contribution in [3.8, 4) is 0 Å². The maximum atomic E-state index is 12.7. The van der Waals surface area contributed by atoms with Gasteiger partial charge in [-0.05, 0) is 25.0 Å². The largest absolute Gasteiger partial charge is 0.308 e. The SMILES string of the molecule is Cn1cnnc1S(=O)(=O)C1CCN(S(=O)(=O)c2ccccc2Cl)CC1. The van der Waals surface area contributed by atoms with Crippen LogP contribution in [-0.2, 0) is 26.9 Å². The van der Waals surface area contributed by atoms with Gasteiger partial charge in [0.15, 0.2) is 0 Å². The van der Waals surface area contributed by atoms with E-state index in [-0.39, 0.29) is 41.0 Å². The van der Waals surface area contributed by atoms with Gasteiger partial charge in [0, 0.05) is 20.1 Å². The number of benzene rings is 1. The van der Waals surface area contributed by atoms with Crippen LogP contribution in [0.4, 0.5) is 0 Å². The van der Waals surface area contributed by atoms with Crippen LogP contribution >= 0.6 is 11.6 Å². The smallest absolute Gasteiger partial charge is 0.249 e. The van der Waals surface area contributed by atoms with Gasteiger partial charge in [-0.1, -0.05) is 23.7 Å². The van der Waals surface area contributed by atoms with Crippen LogP contribution in [0.5, 0.6) is 0 Å². The first-order valence-corrected chi connectivity index (χ1v) is 10.9. The van der Waals surface area contributed by atoms with E-state index in [2.05, 4.69) is 10.2 Å². The zero-order valence-corrected chi connectivity index (χ0v) is 15.8. The monoisotopic (exact) mass is 404 g/mol. The summed E-state index contributed by atoms with van der Waals surface area (Å²) >= 11 is 5.99. The summed E-state index contributed by atoms with van der Waals surface area (Å²) < 4.78 is 53.3. The van der Waals surface area contributed by atoms with Crippen LogP contribution in [0.25, 0.3) is 0 Å². The summed E-state index contributed by atoms with van der Waals surface area (Å²) in [5.74, 6) is 0. The predicted molar refractivity (Wildman–Crippen MR) is 91.4 cm³/mol. The Morgan fingerprint density at radius 3 is 2.32 bits per heavy atom. The second-order valence-electron chi connectivity index (χ2n) is 5.80. The van der Waals surface area contributed by atoms with Crippen molar-refractivity contribution in [1.29, 1.82) is 0 Å². The quantitative estimate of drug-likeness (QED) is 0.755. The van der Waals surface area contributed by atoms with Gasteiger partial charge < -0.3 is 4.57 Å². The van der Waals surface area contributed by atoms with Gasteiger partial charge in [-0.15, -0.1) is 10.2 Å². The topological polar surface area (TPSA) is 102 Å². The Hall–Kier alpha value is -1.49. The lowest BCUT2D eigenvalue weighted by atomic mass is 10.2. The number of nitrogens with zero attached hydrogens (tertiary/aromatic N) is 4. The van der Waals surface area contributed by atoms with Crippen molar-refractivity contribution in [2.75, 3.05) is 13.1 Å². The number of aromatic nitrogens is 3. The van der Waals surface area contributed by atoms with Crippen molar-refractivity contribution in [3.05, 3.63) is 35.6 Å². The second-order valence-corrected chi connectivity index (χ2v) is 10.2. The summed E-state index contributed by atoms with van der Waals surface area (Å²) in [5.41, 5.74) is 0. The Kier molecular flexibility index (Phi) is 4.89. The first-order chi connectivity index (χ1) is 11.7. The number of rotatable bonds is 4. The van der Waals surface area contributed by atoms with E-state index in [0.29, 0.717) is 0 Å². The van der Waals surface area contributed by atoms with Gasteiger partial charge in [0.25, 0.3) is 0 Å². The predicted octanol–water partition coefficient (Wildman–Crippen LogP) is 1.10. The molecule has 0 spiro atoms. The van der Waals surface area contributed by atoms with Gasteiger partial charge in [-0.25, -0.2) is 16.8 Å². The lowest BCUT2D eigenvalue weighted by Crippen LogP contribution is -2.42. The molecule has 0 N–H and O–H groups in total. The second kappa shape index (κ2) is 6.67. The highest BCUT2D eigenvalue weighted by molar-refractivity contribution is 7.92. The summed E-state index contributed by atoms with van der Waals surface area (Å²) in [5, 5.41) is 6.63. The van der Waals surface area contributed by atoms with E-state index < -0.39 is 25.1 Å². The minimum absolute atomic E-state index is 0.0336. The molecule has 0 amide bonds. The van der Waals surface area contributed by atoms with Crippen LogP contribution in [0.2, 0.25) is 5.02 Å². The highest BCUT2D eigenvalue weighted by atomic mass is 35.5. The van der Waals surface area contributed by atoms with Crippen molar-refractivity contribution in [2.45, 2.75) is 28.1 Å². The number of hydrogen-bond acceptors (Lipinski definition) is 6. The molecule has 2 heterocycles. The summed E-state index contributed by atoms with van der Waals surface area (Å²) in [4.78, 5) is 0.0336. The van der Waals surface area contributed by atoms with Crippen LogP contribution in [0, 0.1) is 0 Å². The fourth-order valence-corrected chi connectivity index (χ4v) is 6.56. The first-order valence-electron chi connectivity index (χ1n) is 7.57. The average Bonchev–Trinajstić information content (AvgIpc) is 3.02. The van der Waals surface area contributed by atoms with Gasteiger partial charge in [-0.2, -0.15) is 4.31 Å². The minimum atomic E-state index is -3.75. The van der Waals surface area contributed by atoms with Crippen LogP contribution in [0.1, 0.15) is 12.8 Å². The molecule has 1 aromatic carbocycles. The van der Waals surface area contributed by atoms with Crippen molar-refractivity contribution in [1.82, 2.24) is 19.1 Å². The first kappa shape index (κ1) is 18.3. The summed E-state index contributed by atoms with van der Waals surface area (Å²) in [6, 6.07) is 6.21. The molecule has 3 rings (SSSR count). The molecular weight excluding hydrogens is 388 g/mol. The minimum Gasteiger partial charge on any atom is -0.308 e. The summed E-state index contributed by atoms with van der Waals surface area (Å²) in [6.45, 7) is 0.213. The summed E-state index contributed by atoms with van der Waals surface area (Å²) in [6.07, 6.45) is 1.71. The molecule has 2 aromatic rings. The summed E-state index contributed by atoms with van der Waals surface area (Å²) in [7, 11) is -5.84. The van der Waals surface area contributed by atoms with Crippen molar-refractivity contribution >= 4 is 31.5 Å². The normalized spacial score (nSPS) is 17.7. The van der Waals surface area contributed by atoms with Gasteiger partial charge in [-0.3, -0.25) is 0 Å². The fourth-order valence-electron chi connectivity index (χ4n) is 2.86. The van der Waals surface area contributed by atoms with Crippen LogP contribution in [0.15, 0.2) is 40.6 Å². The van der Waals surface area contributed by atoms with Crippen LogP contribution in [-0.4, -0.2) is 54.2 Å². The van der Waals surface area contributed by atoms with E-state index in [4.69, 9.17) is 11.6 Å². The van der Waals surface area contributed by atoms with E-state index in [9.17, 15) is 16.8 Å². The zero-order valence-electron chi connectivity index (χ0n) is 13.4. The number of sulfone groups is 1. The molecule has 11 heteroatoms. The third kappa shape index (κ3) is 3.31. The van der Waals surface area contributed by atoms with Crippen molar-refractivity contribution < 1.29 is 16.8 Å². The standard InChI is InChI=1S/C14H17ClN4O4S2/c1-18-10-16-17-14(18)24(20,21)11-6-8-19(9-7-11)25(22,23)13-5-3-2-4-12(13)15/h2-5,10-11H,6-9H2,1H3. The molecule has 0 radical (unpaired) electrons. The molecule has 8 nitrogen and oxygen atoms in total. The molecule has 1 fully saturated rings. The Morgan fingerprint density at radius 1 is 1.12 bits per heavy atom. The molecule has 1 aliphatic heterocycles. The maximum absolute atomic E-state index is 12.7. The highest BCUT2D eigenvalue weighted by Gasteiger charge is 2.38. The Balaban J connectivity index is 1.79. The fraction of sp³-hybridized carbons (Fsp3) is 0.429. The molecule has 0 bridgehead atoms. The molecule has 0 unspecified atom stereocenters. The van der Waals surface area contributed by atoms with Gasteiger partial charge in [0.1, 0.15) is 11.2 Å². The lowest BCUT2D eigenvalue weighted by Gasteiger charge is -2.30. The molecule has 0 atom stereocenters. The Morgan fingerprint density at radius 2 is 1.76 bits per heavy atom. The van der Waals surface area contributed by atoms with Crippen molar-refractivity contribution in [2.24, 2.45) is 7.05 Å². The molecule has 0 saturated carbocycles. The van der Waals surface area contributed by atoms with E-state index >= 15 is 0 Å². The molecule has 25 heavy (non-hydrogen) atoms. The molecule has 1 saturated heterocycles. The third-order valence-corrected chi connectivity index (χ3v) is 8.84. The molecular formula is C14H17ClN4O4S2. The molecule has 1 aromatic heterocycles. The van der Waals surface area contributed by atoms with E-state index in [0.717, 1.165) is 0 Å². The number of halogens is 1. The van der Waals surface area contributed by atoms with Crippen LogP contribution in [0.3, 0.4) is 0 Å². The number of aryl methyl sites for hydroxylation is 1. The Bertz CT molecular complexity index is 980. The number of piperidine rings is 1. The van der Waals surface area contributed by atoms with Crippen molar-refractivity contribution in [3.63, 3.8) is 0 Å². The van der Waals surface area contributed by atoms with E-state index in [1.54, 1.807) is 19.2 Å². The molecule has 136 valence electrons. The molecule has 0 aliphatic carbocycles.